The quantitative estimate of drug-likeness (QED) is 0.0693. The SMILES string of the molecule is COc1ccc(CN[C@@H](C(=O)[C@H](NCc2ccc(OC)cc2O)C(C)C)[C@H](O)[C@H](Cc2ccccc2)N[C@@H](C(=O)OCc2ccccc2)C(C)C)cc1. The number of aliphatic hydroxyl groups is 1. The highest BCUT2D eigenvalue weighted by Gasteiger charge is 2.39. The summed E-state index contributed by atoms with van der Waals surface area (Å²) in [6.45, 7) is 8.33. The molecule has 10 nitrogen and oxygen atoms in total. The lowest BCUT2D eigenvalue weighted by Gasteiger charge is -2.36. The van der Waals surface area contributed by atoms with Gasteiger partial charge in [-0.3, -0.25) is 14.9 Å². The standard InChI is InChI=1S/C43H55N3O7/c1-28(2)38(45-26-33-19-22-35(52-6)24-37(33)47)42(49)40(44-25-31-17-20-34(51-5)21-18-31)41(48)36(23-30-13-9-7-10-14-30)46-39(29(3)4)43(50)53-27-32-15-11-8-12-16-32/h7-22,24,28-29,36,38-41,44-48H,23,25-27H2,1-6H3/t36-,38+,39+,40+,41+/m0/s1. The summed E-state index contributed by atoms with van der Waals surface area (Å²) in [6.07, 6.45) is -0.938. The van der Waals surface area contributed by atoms with Crippen LogP contribution in [-0.4, -0.2) is 66.5 Å². The van der Waals surface area contributed by atoms with Crippen molar-refractivity contribution in [1.29, 1.82) is 0 Å². The van der Waals surface area contributed by atoms with Crippen molar-refractivity contribution in [3.63, 3.8) is 0 Å². The van der Waals surface area contributed by atoms with Gasteiger partial charge < -0.3 is 35.1 Å². The summed E-state index contributed by atoms with van der Waals surface area (Å²) in [5, 5.41) is 33.2. The van der Waals surface area contributed by atoms with E-state index in [0.717, 1.165) is 16.7 Å². The van der Waals surface area contributed by atoms with Crippen molar-refractivity contribution in [2.75, 3.05) is 14.2 Å². The highest BCUT2D eigenvalue weighted by molar-refractivity contribution is 5.90. The van der Waals surface area contributed by atoms with E-state index in [0.29, 0.717) is 23.5 Å². The van der Waals surface area contributed by atoms with E-state index in [1.807, 2.05) is 113 Å². The number of benzene rings is 4. The summed E-state index contributed by atoms with van der Waals surface area (Å²) in [5.41, 5.74) is 3.29. The fraction of sp³-hybridized carbons (Fsp3) is 0.395. The van der Waals surface area contributed by atoms with Gasteiger partial charge in [-0.1, -0.05) is 107 Å². The van der Waals surface area contributed by atoms with Crippen molar-refractivity contribution < 1.29 is 34.0 Å². The van der Waals surface area contributed by atoms with Gasteiger partial charge in [-0.05, 0) is 53.1 Å². The van der Waals surface area contributed by atoms with E-state index in [4.69, 9.17) is 14.2 Å². The van der Waals surface area contributed by atoms with Crippen LogP contribution < -0.4 is 25.4 Å². The highest BCUT2D eigenvalue weighted by atomic mass is 16.5. The average Bonchev–Trinajstić information content (AvgIpc) is 3.16. The third-order valence-corrected chi connectivity index (χ3v) is 9.36. The van der Waals surface area contributed by atoms with Crippen LogP contribution >= 0.6 is 0 Å². The van der Waals surface area contributed by atoms with E-state index in [9.17, 15) is 19.8 Å². The van der Waals surface area contributed by atoms with Crippen LogP contribution in [0.1, 0.15) is 49.9 Å². The first-order chi connectivity index (χ1) is 25.5. The molecule has 0 aliphatic heterocycles. The fourth-order valence-electron chi connectivity index (χ4n) is 6.22. The van der Waals surface area contributed by atoms with Crippen LogP contribution in [0.2, 0.25) is 0 Å². The number of aliphatic hydroxyl groups excluding tert-OH is 1. The third kappa shape index (κ3) is 12.2. The van der Waals surface area contributed by atoms with Crippen LogP contribution in [0.3, 0.4) is 0 Å². The zero-order valence-electron chi connectivity index (χ0n) is 31.6. The van der Waals surface area contributed by atoms with E-state index in [-0.39, 0.29) is 43.1 Å². The number of ether oxygens (including phenoxy) is 3. The van der Waals surface area contributed by atoms with Crippen molar-refractivity contribution in [1.82, 2.24) is 16.0 Å². The van der Waals surface area contributed by atoms with Crippen LogP contribution in [0.15, 0.2) is 103 Å². The Bertz CT molecular complexity index is 1700. The zero-order chi connectivity index (χ0) is 38.3. The molecular formula is C43H55N3O7. The molecule has 0 aromatic heterocycles. The van der Waals surface area contributed by atoms with Crippen molar-refractivity contribution in [2.45, 2.75) is 84.1 Å². The van der Waals surface area contributed by atoms with Gasteiger partial charge in [-0.15, -0.1) is 0 Å². The van der Waals surface area contributed by atoms with Crippen molar-refractivity contribution in [2.24, 2.45) is 11.8 Å². The fourth-order valence-corrected chi connectivity index (χ4v) is 6.22. The van der Waals surface area contributed by atoms with E-state index < -0.39 is 36.2 Å². The molecular weight excluding hydrogens is 670 g/mol. The molecule has 0 aliphatic rings. The van der Waals surface area contributed by atoms with Gasteiger partial charge in [-0.25, -0.2) is 0 Å². The number of rotatable bonds is 21. The number of phenolic OH excluding ortho intramolecular Hbond substituents is 1. The number of carbonyl (C=O) groups excluding carboxylic acids is 2. The smallest absolute Gasteiger partial charge is 0.323 e. The molecule has 4 aromatic rings. The summed E-state index contributed by atoms with van der Waals surface area (Å²) >= 11 is 0. The minimum absolute atomic E-state index is 0.0482. The Hall–Kier alpha value is -4.74. The van der Waals surface area contributed by atoms with E-state index in [1.54, 1.807) is 19.2 Å². The molecule has 5 atom stereocenters. The lowest BCUT2D eigenvalue weighted by atomic mass is 9.87. The molecule has 0 bridgehead atoms. The van der Waals surface area contributed by atoms with Gasteiger partial charge in [-0.2, -0.15) is 0 Å². The van der Waals surface area contributed by atoms with Gasteiger partial charge >= 0.3 is 5.97 Å². The van der Waals surface area contributed by atoms with Crippen LogP contribution in [0.4, 0.5) is 0 Å². The topological polar surface area (TPSA) is 138 Å². The Morgan fingerprint density at radius 2 is 1.23 bits per heavy atom. The maximum atomic E-state index is 14.7. The Morgan fingerprint density at radius 3 is 1.79 bits per heavy atom. The summed E-state index contributed by atoms with van der Waals surface area (Å²) in [5.74, 6) is 0.232. The number of esters is 1. The van der Waals surface area contributed by atoms with Gasteiger partial charge in [0.05, 0.1) is 32.4 Å². The molecule has 0 saturated heterocycles. The number of hydrogen-bond acceptors (Lipinski definition) is 10. The molecule has 0 radical (unpaired) electrons. The predicted octanol–water partition coefficient (Wildman–Crippen LogP) is 5.58. The summed E-state index contributed by atoms with van der Waals surface area (Å²) in [6, 6.07) is 28.4. The van der Waals surface area contributed by atoms with Crippen molar-refractivity contribution in [3.8, 4) is 17.2 Å². The minimum atomic E-state index is -1.28. The molecule has 0 aliphatic carbocycles. The normalized spacial score (nSPS) is 14.3. The molecule has 4 rings (SSSR count). The number of carbonyl (C=O) groups is 2. The molecule has 5 N–H and O–H groups in total. The first-order valence-corrected chi connectivity index (χ1v) is 18.2. The summed E-state index contributed by atoms with van der Waals surface area (Å²) < 4.78 is 16.3. The summed E-state index contributed by atoms with van der Waals surface area (Å²) in [7, 11) is 3.13. The maximum absolute atomic E-state index is 14.7. The number of phenols is 1. The predicted molar refractivity (Wildman–Crippen MR) is 207 cm³/mol. The molecule has 0 saturated carbocycles. The number of Topliss-reactive ketones (excluding diaryl/α,β-unsaturated/α-hetero) is 1. The molecule has 4 aromatic carbocycles. The molecule has 0 unspecified atom stereocenters. The second-order valence-corrected chi connectivity index (χ2v) is 14.0. The van der Waals surface area contributed by atoms with E-state index in [1.165, 1.54) is 13.2 Å². The van der Waals surface area contributed by atoms with Gasteiger partial charge in [0.15, 0.2) is 5.78 Å². The number of methoxy groups -OCH3 is 2. The number of ketones is 1. The molecule has 53 heavy (non-hydrogen) atoms. The summed E-state index contributed by atoms with van der Waals surface area (Å²) in [4.78, 5) is 28.3. The molecule has 0 heterocycles. The molecule has 284 valence electrons. The molecule has 0 fully saturated rings. The van der Waals surface area contributed by atoms with Crippen LogP contribution in [0, 0.1) is 11.8 Å². The Labute approximate surface area is 313 Å². The van der Waals surface area contributed by atoms with Gasteiger partial charge in [0.25, 0.3) is 0 Å². The first kappa shape index (κ1) is 41.0. The number of hydrogen-bond donors (Lipinski definition) is 5. The van der Waals surface area contributed by atoms with Crippen LogP contribution in [-0.2, 0) is 40.4 Å². The van der Waals surface area contributed by atoms with Gasteiger partial charge in [0.2, 0.25) is 0 Å². The second kappa shape index (κ2) is 20.5. The van der Waals surface area contributed by atoms with E-state index in [2.05, 4.69) is 16.0 Å². The largest absolute Gasteiger partial charge is 0.507 e. The Kier molecular flexibility index (Phi) is 15.9. The highest BCUT2D eigenvalue weighted by Crippen LogP contribution is 2.24. The number of aromatic hydroxyl groups is 1. The second-order valence-electron chi connectivity index (χ2n) is 14.0. The van der Waals surface area contributed by atoms with Crippen LogP contribution in [0.5, 0.6) is 17.2 Å². The van der Waals surface area contributed by atoms with Crippen molar-refractivity contribution in [3.05, 3.63) is 125 Å². The molecule has 0 spiro atoms. The zero-order valence-corrected chi connectivity index (χ0v) is 31.6. The molecule has 0 amide bonds. The van der Waals surface area contributed by atoms with E-state index >= 15 is 0 Å². The van der Waals surface area contributed by atoms with Crippen molar-refractivity contribution >= 4 is 11.8 Å². The molecule has 10 heteroatoms. The van der Waals surface area contributed by atoms with Gasteiger partial charge in [0, 0.05) is 30.8 Å². The number of nitrogens with one attached hydrogen (secondary N) is 3. The van der Waals surface area contributed by atoms with Gasteiger partial charge in [0.1, 0.15) is 29.9 Å². The maximum Gasteiger partial charge on any atom is 0.323 e. The minimum Gasteiger partial charge on any atom is -0.507 e. The third-order valence-electron chi connectivity index (χ3n) is 9.36. The lowest BCUT2D eigenvalue weighted by molar-refractivity contribution is -0.149. The first-order valence-electron chi connectivity index (χ1n) is 18.2. The average molecular weight is 726 g/mol. The Morgan fingerprint density at radius 1 is 0.660 bits per heavy atom. The monoisotopic (exact) mass is 725 g/mol. The Balaban J connectivity index is 1.65. The van der Waals surface area contributed by atoms with Crippen LogP contribution in [0.25, 0.3) is 0 Å². The lowest BCUT2D eigenvalue weighted by Crippen LogP contribution is -2.62.